The number of alkyl carbamates (subject to hydrolysis) is 1. The molecule has 1 saturated heterocycles. The maximum atomic E-state index is 13.8. The number of benzene rings is 1. The maximum absolute atomic E-state index is 13.8. The van der Waals surface area contributed by atoms with Crippen LogP contribution >= 0.6 is 0 Å². The van der Waals surface area contributed by atoms with E-state index < -0.39 is 96.7 Å². The average Bonchev–Trinajstić information content (AvgIpc) is 3.50. The fourth-order valence-electron chi connectivity index (χ4n) is 5.11. The number of nitrogens with two attached hydrogens (primary N) is 1. The summed E-state index contributed by atoms with van der Waals surface area (Å²) in [6.45, 7) is 7.31. The standard InChI is InChI=1S/C33H48N6O11/c1-6-10-22(28(43)31(46)35-14-24(40)37-27(29(34)44)20-11-8-7-9-12-20)36-30(45)23-13-21(49-17-25(41)42)15-39(23)32(47)26(19(4)5)38-33(48)50-16-18(2)3/h7-9,11-12,18-19,21-23,26-27H,6,10,13-17H2,1-5H3,(H2,34,44)(H,35,46)(H,36,45)(H,37,40)(H,38,48)(H,41,42)/t21-,22?,23+,26?,27?/m1/s1. The first-order chi connectivity index (χ1) is 23.5. The molecule has 0 aliphatic carbocycles. The highest BCUT2D eigenvalue weighted by Crippen LogP contribution is 2.24. The highest BCUT2D eigenvalue weighted by Gasteiger charge is 2.44. The van der Waals surface area contributed by atoms with Crippen molar-refractivity contribution in [2.45, 2.75) is 84.2 Å². The molecule has 7 N–H and O–H groups in total. The van der Waals surface area contributed by atoms with Gasteiger partial charge in [-0.25, -0.2) is 9.59 Å². The molecule has 5 atom stereocenters. The number of primary amides is 1. The Morgan fingerprint density at radius 1 is 0.980 bits per heavy atom. The lowest BCUT2D eigenvalue weighted by Crippen LogP contribution is -2.57. The number of amides is 6. The van der Waals surface area contributed by atoms with Gasteiger partial charge in [0.25, 0.3) is 5.91 Å². The van der Waals surface area contributed by atoms with Gasteiger partial charge in [-0.15, -0.1) is 0 Å². The number of carbonyl (C=O) groups excluding carboxylic acids is 7. The Labute approximate surface area is 290 Å². The molecular weight excluding hydrogens is 656 g/mol. The number of rotatable bonds is 19. The van der Waals surface area contributed by atoms with Crippen molar-refractivity contribution in [2.75, 3.05) is 26.3 Å². The number of carbonyl (C=O) groups is 8. The summed E-state index contributed by atoms with van der Waals surface area (Å²) in [5, 5.41) is 18.7. The largest absolute Gasteiger partial charge is 0.480 e. The lowest BCUT2D eigenvalue weighted by molar-refractivity contribution is -0.144. The van der Waals surface area contributed by atoms with Gasteiger partial charge in [0.1, 0.15) is 24.7 Å². The number of hydrogen-bond donors (Lipinski definition) is 6. The lowest BCUT2D eigenvalue weighted by Gasteiger charge is -2.31. The number of nitrogens with zero attached hydrogens (tertiary/aromatic N) is 1. The molecule has 6 amide bonds. The van der Waals surface area contributed by atoms with Crippen LogP contribution in [0.4, 0.5) is 4.79 Å². The molecule has 17 nitrogen and oxygen atoms in total. The minimum absolute atomic E-state index is 0.0272. The Bertz CT molecular complexity index is 1390. The van der Waals surface area contributed by atoms with E-state index >= 15 is 0 Å². The number of carboxylic acid groups (broad SMARTS) is 1. The van der Waals surface area contributed by atoms with E-state index in [4.69, 9.17) is 20.3 Å². The van der Waals surface area contributed by atoms with Crippen LogP contribution in [-0.2, 0) is 43.0 Å². The van der Waals surface area contributed by atoms with Crippen LogP contribution in [0.25, 0.3) is 0 Å². The van der Waals surface area contributed by atoms with Crippen molar-refractivity contribution < 1.29 is 52.9 Å². The highest BCUT2D eigenvalue weighted by atomic mass is 16.5. The van der Waals surface area contributed by atoms with Crippen LogP contribution in [0, 0.1) is 11.8 Å². The van der Waals surface area contributed by atoms with Crippen LogP contribution in [0.1, 0.15) is 65.5 Å². The Hall–Kier alpha value is -5.06. The van der Waals surface area contributed by atoms with E-state index in [1.807, 2.05) is 13.8 Å². The van der Waals surface area contributed by atoms with E-state index in [1.54, 1.807) is 51.1 Å². The average molecular weight is 705 g/mol. The normalized spacial score (nSPS) is 17.3. The fourth-order valence-corrected chi connectivity index (χ4v) is 5.11. The van der Waals surface area contributed by atoms with Crippen molar-refractivity contribution in [1.29, 1.82) is 0 Å². The van der Waals surface area contributed by atoms with Crippen LogP contribution in [0.5, 0.6) is 0 Å². The van der Waals surface area contributed by atoms with Gasteiger partial charge in [0.2, 0.25) is 29.4 Å². The van der Waals surface area contributed by atoms with Gasteiger partial charge in [-0.1, -0.05) is 71.4 Å². The Balaban J connectivity index is 2.17. The molecule has 0 spiro atoms. The van der Waals surface area contributed by atoms with Crippen LogP contribution in [0.15, 0.2) is 30.3 Å². The molecule has 1 fully saturated rings. The molecule has 3 unspecified atom stereocenters. The zero-order chi connectivity index (χ0) is 37.5. The number of aliphatic carboxylic acids is 1. The van der Waals surface area contributed by atoms with Crippen molar-refractivity contribution in [3.63, 3.8) is 0 Å². The highest BCUT2D eigenvalue weighted by molar-refractivity contribution is 6.38. The van der Waals surface area contributed by atoms with Gasteiger partial charge in [0.05, 0.1) is 25.3 Å². The number of nitrogens with one attached hydrogen (secondary N) is 4. The van der Waals surface area contributed by atoms with Crippen molar-refractivity contribution in [3.05, 3.63) is 35.9 Å². The monoisotopic (exact) mass is 704 g/mol. The SMILES string of the molecule is CCCC(NC(=O)[C@@H]1C[C@@H](OCC(=O)O)CN1C(=O)C(NC(=O)OCC(C)C)C(C)C)C(=O)C(=O)NCC(=O)NC(C(N)=O)c1ccccc1. The van der Waals surface area contributed by atoms with Crippen molar-refractivity contribution in [1.82, 2.24) is 26.2 Å². The lowest BCUT2D eigenvalue weighted by atomic mass is 10.0. The van der Waals surface area contributed by atoms with Gasteiger partial charge in [0.15, 0.2) is 0 Å². The number of Topliss-reactive ketones (excluding diaryl/α,β-unsaturated/α-hetero) is 1. The quantitative estimate of drug-likeness (QED) is 0.103. The van der Waals surface area contributed by atoms with Crippen molar-refractivity contribution in [2.24, 2.45) is 17.6 Å². The summed E-state index contributed by atoms with van der Waals surface area (Å²) in [5.74, 6) is -7.02. The predicted molar refractivity (Wildman–Crippen MR) is 177 cm³/mol. The van der Waals surface area contributed by atoms with E-state index in [2.05, 4.69) is 21.3 Å². The molecule has 0 aromatic heterocycles. The minimum Gasteiger partial charge on any atom is -0.480 e. The first-order valence-electron chi connectivity index (χ1n) is 16.4. The van der Waals surface area contributed by atoms with Crippen molar-refractivity contribution in [3.8, 4) is 0 Å². The van der Waals surface area contributed by atoms with E-state index in [9.17, 15) is 38.4 Å². The van der Waals surface area contributed by atoms with Gasteiger partial charge >= 0.3 is 12.1 Å². The second kappa shape index (κ2) is 19.8. The molecule has 2 rings (SSSR count). The summed E-state index contributed by atoms with van der Waals surface area (Å²) in [7, 11) is 0. The third-order valence-electron chi connectivity index (χ3n) is 7.61. The zero-order valence-electron chi connectivity index (χ0n) is 28.9. The van der Waals surface area contributed by atoms with Gasteiger partial charge in [-0.3, -0.25) is 28.8 Å². The molecule has 0 bridgehead atoms. The van der Waals surface area contributed by atoms with E-state index in [0.29, 0.717) is 12.0 Å². The fraction of sp³-hybridized carbons (Fsp3) is 0.576. The van der Waals surface area contributed by atoms with Crippen LogP contribution in [0.3, 0.4) is 0 Å². The molecule has 1 aromatic rings. The molecule has 1 aliphatic heterocycles. The Morgan fingerprint density at radius 2 is 1.64 bits per heavy atom. The summed E-state index contributed by atoms with van der Waals surface area (Å²) in [6.07, 6.45) is -1.44. The van der Waals surface area contributed by atoms with Crippen LogP contribution < -0.4 is 27.0 Å². The third kappa shape index (κ3) is 12.8. The summed E-state index contributed by atoms with van der Waals surface area (Å²) < 4.78 is 10.5. The maximum Gasteiger partial charge on any atom is 0.407 e. The number of carboxylic acids is 1. The van der Waals surface area contributed by atoms with Gasteiger partial charge < -0.3 is 46.5 Å². The Morgan fingerprint density at radius 3 is 2.20 bits per heavy atom. The molecule has 0 saturated carbocycles. The number of ketones is 1. The first kappa shape index (κ1) is 41.1. The molecule has 1 aliphatic rings. The zero-order valence-corrected chi connectivity index (χ0v) is 28.9. The first-order valence-corrected chi connectivity index (χ1v) is 16.4. The predicted octanol–water partition coefficient (Wildman–Crippen LogP) is -0.223. The van der Waals surface area contributed by atoms with Gasteiger partial charge in [-0.05, 0) is 23.8 Å². The number of likely N-dealkylation sites (tertiary alicyclic amines) is 1. The second-order valence-electron chi connectivity index (χ2n) is 12.6. The topological polar surface area (TPSA) is 253 Å². The molecule has 1 heterocycles. The minimum atomic E-state index is -1.35. The second-order valence-corrected chi connectivity index (χ2v) is 12.6. The molecular formula is C33H48N6O11. The number of hydrogen-bond acceptors (Lipinski definition) is 10. The van der Waals surface area contributed by atoms with E-state index in [-0.39, 0.29) is 31.9 Å². The van der Waals surface area contributed by atoms with E-state index in [1.165, 1.54) is 0 Å². The molecule has 17 heteroatoms. The Kier molecular flexibility index (Phi) is 16.3. The summed E-state index contributed by atoms with van der Waals surface area (Å²) in [6, 6.07) is 3.27. The van der Waals surface area contributed by atoms with Crippen molar-refractivity contribution >= 4 is 47.4 Å². The summed E-state index contributed by atoms with van der Waals surface area (Å²) in [4.78, 5) is 103. The van der Waals surface area contributed by atoms with Crippen LogP contribution in [0.2, 0.25) is 0 Å². The smallest absolute Gasteiger partial charge is 0.407 e. The summed E-state index contributed by atoms with van der Waals surface area (Å²) >= 11 is 0. The molecule has 0 radical (unpaired) electrons. The van der Waals surface area contributed by atoms with E-state index in [0.717, 1.165) is 4.90 Å². The third-order valence-corrected chi connectivity index (χ3v) is 7.61. The van der Waals surface area contributed by atoms with Gasteiger partial charge in [-0.2, -0.15) is 0 Å². The summed E-state index contributed by atoms with van der Waals surface area (Å²) in [5.41, 5.74) is 5.83. The van der Waals surface area contributed by atoms with Crippen LogP contribution in [-0.4, -0.2) is 108 Å². The molecule has 1 aromatic carbocycles. The molecule has 50 heavy (non-hydrogen) atoms. The molecule has 276 valence electrons. The number of ether oxygens (including phenoxy) is 2. The van der Waals surface area contributed by atoms with Gasteiger partial charge in [0, 0.05) is 13.0 Å².